The number of thioether (sulfide) groups is 1. The summed E-state index contributed by atoms with van der Waals surface area (Å²) in [5.74, 6) is 1.48. The first-order valence-electron chi connectivity index (χ1n) is 4.67. The first-order chi connectivity index (χ1) is 6.53. The monoisotopic (exact) mass is 234 g/mol. The highest BCUT2D eigenvalue weighted by molar-refractivity contribution is 8.13. The Morgan fingerprint density at radius 2 is 2.29 bits per heavy atom. The Kier molecular flexibility index (Phi) is 2.51. The lowest BCUT2D eigenvalue weighted by atomic mass is 10.2. The second kappa shape index (κ2) is 3.41. The number of likely N-dealkylation sites (N-methyl/N-ethyl adjacent to an activating group) is 1. The minimum atomic E-state index is -2.83. The van der Waals surface area contributed by atoms with Gasteiger partial charge in [-0.3, -0.25) is 4.99 Å². The van der Waals surface area contributed by atoms with Crippen LogP contribution in [0.1, 0.15) is 6.92 Å². The molecule has 0 radical (unpaired) electrons. The van der Waals surface area contributed by atoms with Gasteiger partial charge in [0.2, 0.25) is 0 Å². The highest BCUT2D eigenvalue weighted by atomic mass is 32.2. The zero-order valence-corrected chi connectivity index (χ0v) is 9.94. The van der Waals surface area contributed by atoms with E-state index in [0.29, 0.717) is 0 Å². The van der Waals surface area contributed by atoms with Crippen molar-refractivity contribution in [3.63, 3.8) is 0 Å². The smallest absolute Gasteiger partial charge is 0.159 e. The molecule has 2 heterocycles. The van der Waals surface area contributed by atoms with Crippen molar-refractivity contribution in [2.75, 3.05) is 24.3 Å². The fourth-order valence-corrected chi connectivity index (χ4v) is 4.67. The van der Waals surface area contributed by atoms with Crippen molar-refractivity contribution >= 4 is 26.8 Å². The van der Waals surface area contributed by atoms with Crippen LogP contribution in [0.5, 0.6) is 0 Å². The summed E-state index contributed by atoms with van der Waals surface area (Å²) < 4.78 is 22.7. The number of fused-ring (bicyclic) bond motifs is 1. The zero-order valence-electron chi connectivity index (χ0n) is 8.30. The fourth-order valence-electron chi connectivity index (χ4n) is 1.95. The quantitative estimate of drug-likeness (QED) is 0.650. The molecule has 6 heteroatoms. The van der Waals surface area contributed by atoms with Crippen LogP contribution in [0.25, 0.3) is 0 Å². The van der Waals surface area contributed by atoms with Gasteiger partial charge in [0.15, 0.2) is 15.0 Å². The first-order valence-corrected chi connectivity index (χ1v) is 7.48. The highest BCUT2D eigenvalue weighted by Gasteiger charge is 2.44. The third-order valence-electron chi connectivity index (χ3n) is 2.64. The molecule has 4 nitrogen and oxygen atoms in total. The summed E-state index contributed by atoms with van der Waals surface area (Å²) in [4.78, 5) is 6.46. The van der Waals surface area contributed by atoms with E-state index in [1.165, 1.54) is 0 Å². The molecule has 0 aliphatic carbocycles. The van der Waals surface area contributed by atoms with Crippen molar-refractivity contribution in [3.8, 4) is 0 Å². The van der Waals surface area contributed by atoms with Crippen molar-refractivity contribution in [2.24, 2.45) is 4.99 Å². The van der Waals surface area contributed by atoms with Crippen LogP contribution in [0.2, 0.25) is 0 Å². The Morgan fingerprint density at radius 3 is 2.86 bits per heavy atom. The molecule has 2 aliphatic heterocycles. The second-order valence-corrected chi connectivity index (χ2v) is 7.05. The molecule has 80 valence electrons. The number of sulfone groups is 1. The van der Waals surface area contributed by atoms with Gasteiger partial charge in [0.25, 0.3) is 0 Å². The van der Waals surface area contributed by atoms with Gasteiger partial charge in [0.05, 0.1) is 23.6 Å². The van der Waals surface area contributed by atoms with Gasteiger partial charge in [0, 0.05) is 7.05 Å². The van der Waals surface area contributed by atoms with E-state index in [4.69, 9.17) is 0 Å². The molecule has 2 atom stereocenters. The Hall–Kier alpha value is -0.230. The molecule has 0 spiro atoms. The Morgan fingerprint density at radius 1 is 1.57 bits per heavy atom. The van der Waals surface area contributed by atoms with Crippen LogP contribution in [-0.2, 0) is 9.84 Å². The number of amidine groups is 1. The maximum atomic E-state index is 11.4. The Labute approximate surface area is 88.7 Å². The highest BCUT2D eigenvalue weighted by Crippen LogP contribution is 2.29. The van der Waals surface area contributed by atoms with Gasteiger partial charge >= 0.3 is 0 Å². The van der Waals surface area contributed by atoms with Gasteiger partial charge in [-0.2, -0.15) is 0 Å². The molecule has 0 saturated carbocycles. The maximum absolute atomic E-state index is 11.4. The summed E-state index contributed by atoms with van der Waals surface area (Å²) in [6, 6.07) is 0.0769. The molecule has 0 aromatic heterocycles. The summed E-state index contributed by atoms with van der Waals surface area (Å²) in [5.41, 5.74) is 0. The molecule has 0 N–H and O–H groups in total. The van der Waals surface area contributed by atoms with E-state index in [1.807, 2.05) is 11.9 Å². The van der Waals surface area contributed by atoms with E-state index >= 15 is 0 Å². The standard InChI is InChI=1S/C8H14N2O2S2/c1-3-13-8-9-6-4-14(11,12)5-7(6)10(8)2/h6-7H,3-5H2,1-2H3/t6-,7-/m0/s1. The molecule has 0 aromatic carbocycles. The van der Waals surface area contributed by atoms with Crippen LogP contribution < -0.4 is 0 Å². The Balaban J connectivity index is 2.18. The van der Waals surface area contributed by atoms with Crippen molar-refractivity contribution < 1.29 is 8.42 Å². The molecule has 14 heavy (non-hydrogen) atoms. The molecule has 1 saturated heterocycles. The van der Waals surface area contributed by atoms with Gasteiger partial charge in [-0.1, -0.05) is 18.7 Å². The predicted molar refractivity (Wildman–Crippen MR) is 59.6 cm³/mol. The lowest BCUT2D eigenvalue weighted by molar-refractivity contribution is 0.410. The first kappa shape index (κ1) is 10.3. The molecule has 0 amide bonds. The van der Waals surface area contributed by atoms with Crippen molar-refractivity contribution in [1.82, 2.24) is 4.90 Å². The lowest BCUT2D eigenvalue weighted by Crippen LogP contribution is -2.35. The van der Waals surface area contributed by atoms with Gasteiger partial charge < -0.3 is 4.90 Å². The second-order valence-electron chi connectivity index (χ2n) is 3.67. The maximum Gasteiger partial charge on any atom is 0.159 e. The molecule has 2 rings (SSSR count). The van der Waals surface area contributed by atoms with Crippen molar-refractivity contribution in [1.29, 1.82) is 0 Å². The van der Waals surface area contributed by atoms with Crippen molar-refractivity contribution in [3.05, 3.63) is 0 Å². The number of hydrogen-bond acceptors (Lipinski definition) is 5. The molecular weight excluding hydrogens is 220 g/mol. The number of rotatable bonds is 1. The van der Waals surface area contributed by atoms with E-state index in [1.54, 1.807) is 11.8 Å². The lowest BCUT2D eigenvalue weighted by Gasteiger charge is -2.20. The van der Waals surface area contributed by atoms with Gasteiger partial charge in [-0.15, -0.1) is 0 Å². The molecule has 0 bridgehead atoms. The van der Waals surface area contributed by atoms with Crippen LogP contribution >= 0.6 is 11.8 Å². The normalized spacial score (nSPS) is 34.4. The molecule has 1 fully saturated rings. The van der Waals surface area contributed by atoms with Gasteiger partial charge in [-0.25, -0.2) is 8.42 Å². The fraction of sp³-hybridized carbons (Fsp3) is 0.875. The number of hydrogen-bond donors (Lipinski definition) is 0. The predicted octanol–water partition coefficient (Wildman–Crippen LogP) is 0.206. The van der Waals surface area contributed by atoms with Gasteiger partial charge in [0.1, 0.15) is 0 Å². The topological polar surface area (TPSA) is 49.7 Å². The minimum absolute atomic E-state index is 0.0148. The molecule has 0 unspecified atom stereocenters. The van der Waals surface area contributed by atoms with Crippen LogP contribution in [0.4, 0.5) is 0 Å². The summed E-state index contributed by atoms with van der Waals surface area (Å²) in [7, 11) is -0.897. The average molecular weight is 234 g/mol. The number of nitrogens with zero attached hydrogens (tertiary/aromatic N) is 2. The van der Waals surface area contributed by atoms with Crippen LogP contribution in [0.15, 0.2) is 4.99 Å². The Bertz CT molecular complexity index is 364. The van der Waals surface area contributed by atoms with Crippen LogP contribution in [0, 0.1) is 0 Å². The summed E-state index contributed by atoms with van der Waals surface area (Å²) in [5, 5.41) is 0.998. The van der Waals surface area contributed by atoms with E-state index in [-0.39, 0.29) is 23.6 Å². The number of aliphatic imine (C=N–C) groups is 1. The zero-order chi connectivity index (χ0) is 10.3. The van der Waals surface area contributed by atoms with Crippen LogP contribution in [-0.4, -0.2) is 54.9 Å². The molecule has 0 aromatic rings. The van der Waals surface area contributed by atoms with Crippen molar-refractivity contribution in [2.45, 2.75) is 19.0 Å². The molecular formula is C8H14N2O2S2. The minimum Gasteiger partial charge on any atom is -0.348 e. The van der Waals surface area contributed by atoms with E-state index in [0.717, 1.165) is 10.9 Å². The third-order valence-corrected chi connectivity index (χ3v) is 5.28. The van der Waals surface area contributed by atoms with Crippen LogP contribution in [0.3, 0.4) is 0 Å². The van der Waals surface area contributed by atoms with E-state index < -0.39 is 9.84 Å². The third kappa shape index (κ3) is 1.65. The molecule has 2 aliphatic rings. The van der Waals surface area contributed by atoms with E-state index in [9.17, 15) is 8.42 Å². The summed E-state index contributed by atoms with van der Waals surface area (Å²) >= 11 is 1.68. The van der Waals surface area contributed by atoms with E-state index in [2.05, 4.69) is 11.9 Å². The SMILES string of the molecule is CCSC1=N[C@H]2CS(=O)(=O)C[C@@H]2N1C. The summed E-state index contributed by atoms with van der Waals surface area (Å²) in [6.07, 6.45) is 0. The largest absolute Gasteiger partial charge is 0.348 e. The van der Waals surface area contributed by atoms with Gasteiger partial charge in [-0.05, 0) is 5.75 Å². The summed E-state index contributed by atoms with van der Waals surface area (Å²) in [6.45, 7) is 2.08. The average Bonchev–Trinajstić information content (AvgIpc) is 2.50.